The average molecular weight is 660 g/mol. The smallest absolute Gasteiger partial charge is 0.394 e. The largest absolute Gasteiger partial charge is 0.421 e. The molecule has 5 rings (SSSR count). The van der Waals surface area contributed by atoms with E-state index in [0.29, 0.717) is 34.3 Å². The lowest BCUT2D eigenvalue weighted by atomic mass is 9.92. The van der Waals surface area contributed by atoms with Crippen LogP contribution in [0.1, 0.15) is 53.7 Å². The van der Waals surface area contributed by atoms with Crippen molar-refractivity contribution in [3.63, 3.8) is 0 Å². The van der Waals surface area contributed by atoms with Gasteiger partial charge < -0.3 is 30.4 Å². The number of anilines is 4. The Morgan fingerprint density at radius 2 is 1.72 bits per heavy atom. The quantitative estimate of drug-likeness (QED) is 0.128. The van der Waals surface area contributed by atoms with Crippen LogP contribution in [0.5, 0.6) is 0 Å². The van der Waals surface area contributed by atoms with E-state index in [9.17, 15) is 37.4 Å². The molecule has 2 aromatic heterocycles. The van der Waals surface area contributed by atoms with Crippen LogP contribution < -0.4 is 10.6 Å². The van der Waals surface area contributed by atoms with Gasteiger partial charge in [-0.1, -0.05) is 32.0 Å². The van der Waals surface area contributed by atoms with Crippen LogP contribution in [0.25, 0.3) is 11.3 Å². The maximum absolute atomic E-state index is 14.1. The zero-order valence-corrected chi connectivity index (χ0v) is 26.1. The van der Waals surface area contributed by atoms with Crippen LogP contribution in [0.4, 0.5) is 36.3 Å². The Balaban J connectivity index is 1.49. The summed E-state index contributed by atoms with van der Waals surface area (Å²) in [7, 11) is -2.92. The van der Waals surface area contributed by atoms with Gasteiger partial charge >= 0.3 is 13.8 Å². The van der Waals surface area contributed by atoms with Crippen LogP contribution in [0.3, 0.4) is 0 Å². The highest BCUT2D eigenvalue weighted by Gasteiger charge is 2.45. The number of aliphatic hydroxyl groups excluding tert-OH is 1. The van der Waals surface area contributed by atoms with Gasteiger partial charge in [-0.3, -0.25) is 14.0 Å². The molecule has 244 valence electrons. The van der Waals surface area contributed by atoms with Crippen molar-refractivity contribution in [2.75, 3.05) is 24.3 Å². The number of nitrogens with zero attached hydrogens (tertiary/aromatic N) is 5. The lowest BCUT2D eigenvalue weighted by molar-refractivity contribution is -0.137. The first-order valence-electron chi connectivity index (χ1n) is 14.4. The Labute approximate surface area is 262 Å². The first kappa shape index (κ1) is 33.1. The van der Waals surface area contributed by atoms with Crippen molar-refractivity contribution in [1.82, 2.24) is 24.6 Å². The van der Waals surface area contributed by atoms with Gasteiger partial charge in [0, 0.05) is 37.2 Å². The van der Waals surface area contributed by atoms with Gasteiger partial charge in [-0.25, -0.2) is 4.98 Å². The van der Waals surface area contributed by atoms with Crippen molar-refractivity contribution in [3.05, 3.63) is 77.1 Å². The topological polar surface area (TPSA) is 166 Å². The van der Waals surface area contributed by atoms with Crippen molar-refractivity contribution in [2.45, 2.75) is 51.1 Å². The average Bonchev–Trinajstić information content (AvgIpc) is 3.58. The number of carbonyl (C=O) groups is 1. The van der Waals surface area contributed by atoms with Crippen LogP contribution in [0.2, 0.25) is 0 Å². The Kier molecular flexibility index (Phi) is 8.97. The number of hydrogen-bond acceptors (Lipinski definition) is 8. The van der Waals surface area contributed by atoms with Crippen molar-refractivity contribution in [3.8, 4) is 11.3 Å². The number of fused-ring (bicyclic) bond motifs is 1. The van der Waals surface area contributed by atoms with Gasteiger partial charge in [-0.2, -0.15) is 23.3 Å². The second-order valence-electron chi connectivity index (χ2n) is 10.9. The maximum Gasteiger partial charge on any atom is 0.421 e. The minimum absolute atomic E-state index is 0.110. The summed E-state index contributed by atoms with van der Waals surface area (Å²) in [5, 5.41) is 17.9. The number of aliphatic hydroxyl groups is 1. The molecule has 0 aliphatic carbocycles. The van der Waals surface area contributed by atoms with Crippen molar-refractivity contribution in [2.24, 2.45) is 0 Å². The molecule has 46 heavy (non-hydrogen) atoms. The molecule has 3 heterocycles. The number of halogens is 3. The third-order valence-electron chi connectivity index (χ3n) is 8.27. The fourth-order valence-electron chi connectivity index (χ4n) is 5.74. The highest BCUT2D eigenvalue weighted by Crippen LogP contribution is 2.61. The Hall–Kier alpha value is -4.30. The predicted octanol–water partition coefficient (Wildman–Crippen LogP) is 5.62. The second-order valence-corrected chi connectivity index (χ2v) is 12.9. The van der Waals surface area contributed by atoms with Gasteiger partial charge in [0.25, 0.3) is 5.91 Å². The van der Waals surface area contributed by atoms with Gasteiger partial charge in [0.05, 0.1) is 35.3 Å². The summed E-state index contributed by atoms with van der Waals surface area (Å²) in [5.74, 6) is -1.15. The molecule has 4 aromatic rings. The summed E-state index contributed by atoms with van der Waals surface area (Å²) >= 11 is 0. The van der Waals surface area contributed by atoms with Crippen molar-refractivity contribution < 1.29 is 37.4 Å². The maximum atomic E-state index is 14.1. The third kappa shape index (κ3) is 6.10. The highest BCUT2D eigenvalue weighted by atomic mass is 31.2. The molecular weight excluding hydrogens is 626 g/mol. The van der Waals surface area contributed by atoms with E-state index < -0.39 is 30.3 Å². The van der Waals surface area contributed by atoms with E-state index in [1.54, 1.807) is 68.2 Å². The number of rotatable bonds is 11. The number of amides is 1. The molecule has 0 saturated carbocycles. The summed E-state index contributed by atoms with van der Waals surface area (Å²) < 4.78 is 56.1. The Morgan fingerprint density at radius 1 is 1.02 bits per heavy atom. The molecule has 1 aliphatic rings. The summed E-state index contributed by atoms with van der Waals surface area (Å²) in [6.45, 7) is 3.77. The second kappa shape index (κ2) is 12.5. The molecule has 12 nitrogen and oxygen atoms in total. The van der Waals surface area contributed by atoms with E-state index in [2.05, 4.69) is 25.7 Å². The van der Waals surface area contributed by atoms with Gasteiger partial charge in [0.1, 0.15) is 11.4 Å². The normalized spacial score (nSPS) is 13.7. The molecule has 2 aromatic carbocycles. The number of carbonyl (C=O) groups excluding carboxylic acids is 1. The van der Waals surface area contributed by atoms with E-state index in [4.69, 9.17) is 0 Å². The fraction of sp³-hybridized carbons (Fsp3) is 0.333. The molecule has 0 radical (unpaired) electrons. The monoisotopic (exact) mass is 659 g/mol. The lowest BCUT2D eigenvalue weighted by Gasteiger charge is -2.33. The summed E-state index contributed by atoms with van der Waals surface area (Å²) in [6, 6.07) is 11.1. The molecule has 16 heteroatoms. The number of benzene rings is 2. The van der Waals surface area contributed by atoms with E-state index in [1.165, 1.54) is 11.0 Å². The fourth-order valence-corrected chi connectivity index (χ4v) is 7.05. The predicted molar refractivity (Wildman–Crippen MR) is 165 cm³/mol. The van der Waals surface area contributed by atoms with Crippen molar-refractivity contribution in [1.29, 1.82) is 0 Å². The van der Waals surface area contributed by atoms with E-state index in [-0.39, 0.29) is 55.6 Å². The first-order chi connectivity index (χ1) is 21.7. The van der Waals surface area contributed by atoms with E-state index >= 15 is 0 Å². The van der Waals surface area contributed by atoms with Gasteiger partial charge in [0.15, 0.2) is 0 Å². The summed E-state index contributed by atoms with van der Waals surface area (Å²) in [4.78, 5) is 42.7. The molecule has 1 aliphatic heterocycles. The van der Waals surface area contributed by atoms with Gasteiger partial charge in [-0.15, -0.1) is 0 Å². The zero-order valence-electron chi connectivity index (χ0n) is 25.2. The first-order valence-corrected chi connectivity index (χ1v) is 16.0. The lowest BCUT2D eigenvalue weighted by Crippen LogP contribution is -2.24. The van der Waals surface area contributed by atoms with Crippen LogP contribution in [-0.4, -0.2) is 59.1 Å². The molecule has 0 saturated heterocycles. The van der Waals surface area contributed by atoms with Gasteiger partial charge in [-0.05, 0) is 48.2 Å². The van der Waals surface area contributed by atoms with E-state index in [0.717, 1.165) is 0 Å². The number of alkyl halides is 3. The zero-order chi connectivity index (χ0) is 33.4. The highest BCUT2D eigenvalue weighted by molar-refractivity contribution is 7.53. The minimum atomic E-state index is -4.82. The van der Waals surface area contributed by atoms with Crippen LogP contribution in [0, 0.1) is 0 Å². The molecule has 5 N–H and O–H groups in total. The SMILES string of the molecule is CCC(CC)(c1ccc(Nc2ncc(C(F)(F)F)c(Nc3ccc(-c4ccn(CCO)n4)c4c3C(=O)N(C)C4)n2)cc1)P(=O)(O)O. The molecule has 0 spiro atoms. The Bertz CT molecular complexity index is 1800. The van der Waals surface area contributed by atoms with Gasteiger partial charge in [0.2, 0.25) is 5.95 Å². The molecule has 0 bridgehead atoms. The summed E-state index contributed by atoms with van der Waals surface area (Å²) in [5.41, 5.74) is 1.73. The van der Waals surface area contributed by atoms with Crippen LogP contribution >= 0.6 is 7.60 Å². The van der Waals surface area contributed by atoms with Crippen molar-refractivity contribution >= 4 is 36.6 Å². The van der Waals surface area contributed by atoms with Crippen LogP contribution in [-0.2, 0) is 29.0 Å². The van der Waals surface area contributed by atoms with Crippen LogP contribution in [0.15, 0.2) is 54.9 Å². The molecular formula is C30H33F3N7O5P. The molecule has 0 atom stereocenters. The number of hydrogen-bond donors (Lipinski definition) is 5. The molecule has 1 amide bonds. The minimum Gasteiger partial charge on any atom is -0.394 e. The number of nitrogens with one attached hydrogen (secondary N) is 2. The molecule has 0 fully saturated rings. The van der Waals surface area contributed by atoms with E-state index in [1.807, 2.05) is 0 Å². The number of aromatic nitrogens is 4. The Morgan fingerprint density at radius 3 is 2.33 bits per heavy atom. The summed E-state index contributed by atoms with van der Waals surface area (Å²) in [6.07, 6.45) is -2.10. The molecule has 0 unspecified atom stereocenters. The third-order valence-corrected chi connectivity index (χ3v) is 10.3. The standard InChI is InChI=1S/C30H33F3N7O5P/c1-4-29(5-2,46(43,44)45)18-6-8-19(9-7-18)35-28-34-16-22(30(31,32)33)26(37-28)36-24-11-10-20(21-17-39(3)27(42)25(21)24)23-12-13-40(38-23)14-15-41/h6-13,16,41H,4-5,14-15,17H2,1-3H3,(H2,43,44,45)(H2,34,35,36,37).